The Kier molecular flexibility index (Phi) is 4.05. The van der Waals surface area contributed by atoms with Gasteiger partial charge in [-0.25, -0.2) is 0 Å². The Labute approximate surface area is 100 Å². The van der Waals surface area contributed by atoms with Gasteiger partial charge in [0.2, 0.25) is 0 Å². The van der Waals surface area contributed by atoms with E-state index < -0.39 is 24.5 Å². The lowest BCUT2D eigenvalue weighted by atomic mass is 10.1. The molecule has 0 spiro atoms. The molecule has 7 heteroatoms. The van der Waals surface area contributed by atoms with Crippen LogP contribution in [-0.4, -0.2) is 17.4 Å². The average Bonchev–Trinajstić information content (AvgIpc) is 2.20. The maximum absolute atomic E-state index is 12.0. The molecule has 0 fully saturated rings. The largest absolute Gasteiger partial charge is 0.573 e. The third-order valence-electron chi connectivity index (χ3n) is 1.72. The summed E-state index contributed by atoms with van der Waals surface area (Å²) in [6, 6.07) is 3.24. The summed E-state index contributed by atoms with van der Waals surface area (Å²) in [7, 11) is 0. The van der Waals surface area contributed by atoms with Crippen molar-refractivity contribution in [2.45, 2.75) is 12.8 Å². The highest BCUT2D eigenvalue weighted by molar-refractivity contribution is 5.70. The number of hydrogen-bond donors (Lipinski definition) is 2. The second kappa shape index (κ2) is 5.31. The van der Waals surface area contributed by atoms with Crippen LogP contribution >= 0.6 is 0 Å². The normalized spacial score (nSPS) is 10.4. The summed E-state index contributed by atoms with van der Waals surface area (Å²) in [6.45, 7) is 0. The first kappa shape index (κ1) is 13.7. The Morgan fingerprint density at radius 1 is 1.44 bits per heavy atom. The van der Waals surface area contributed by atoms with E-state index in [1.807, 2.05) is 0 Å². The first-order valence-electron chi connectivity index (χ1n) is 4.64. The summed E-state index contributed by atoms with van der Waals surface area (Å²) >= 11 is 0. The summed E-state index contributed by atoms with van der Waals surface area (Å²) in [5.74, 6) is 3.04. The number of ether oxygens (including phenoxy) is 1. The molecule has 0 aliphatic rings. The molecule has 0 unspecified atom stereocenters. The van der Waals surface area contributed by atoms with Gasteiger partial charge in [0.05, 0.1) is 5.56 Å². The first-order chi connectivity index (χ1) is 8.28. The molecule has 0 aliphatic heterocycles. The van der Waals surface area contributed by atoms with Gasteiger partial charge < -0.3 is 15.6 Å². The van der Waals surface area contributed by atoms with Gasteiger partial charge in [-0.15, -0.1) is 13.2 Å². The Morgan fingerprint density at radius 2 is 2.11 bits per heavy atom. The number of carbonyl (C=O) groups is 1. The van der Waals surface area contributed by atoms with Crippen molar-refractivity contribution in [3.63, 3.8) is 0 Å². The van der Waals surface area contributed by atoms with Crippen molar-refractivity contribution < 1.29 is 27.8 Å². The van der Waals surface area contributed by atoms with Crippen LogP contribution in [0.3, 0.4) is 0 Å². The number of hydrogen-bond acceptors (Lipinski definition) is 3. The minimum atomic E-state index is -4.80. The van der Waals surface area contributed by atoms with Gasteiger partial charge in [0.15, 0.2) is 0 Å². The Balaban J connectivity index is 2.93. The van der Waals surface area contributed by atoms with Crippen LogP contribution in [0.15, 0.2) is 18.2 Å². The van der Waals surface area contributed by atoms with Gasteiger partial charge in [0.25, 0.3) is 0 Å². The molecule has 0 heterocycles. The highest BCUT2D eigenvalue weighted by atomic mass is 19.4. The number of aliphatic carboxylic acids is 1. The van der Waals surface area contributed by atoms with Crippen LogP contribution in [0.2, 0.25) is 0 Å². The molecule has 1 aromatic carbocycles. The van der Waals surface area contributed by atoms with Gasteiger partial charge in [0.1, 0.15) is 12.2 Å². The fourth-order valence-electron chi connectivity index (χ4n) is 1.06. The Morgan fingerprint density at radius 3 is 2.67 bits per heavy atom. The predicted octanol–water partition coefficient (Wildman–Crippen LogP) is 1.99. The van der Waals surface area contributed by atoms with Crippen molar-refractivity contribution >= 4 is 11.7 Å². The number of nitrogens with two attached hydrogens (primary N) is 1. The molecule has 3 N–H and O–H groups in total. The summed E-state index contributed by atoms with van der Waals surface area (Å²) < 4.78 is 39.6. The molecule has 0 atom stereocenters. The molecule has 1 rings (SSSR count). The number of halogens is 3. The van der Waals surface area contributed by atoms with Crippen LogP contribution in [0.25, 0.3) is 0 Å². The number of anilines is 1. The number of carboxylic acids is 1. The zero-order valence-corrected chi connectivity index (χ0v) is 8.91. The summed E-state index contributed by atoms with van der Waals surface area (Å²) in [5.41, 5.74) is 5.71. The molecule has 0 aliphatic carbocycles. The zero-order valence-electron chi connectivity index (χ0n) is 8.91. The van der Waals surface area contributed by atoms with Gasteiger partial charge in [0, 0.05) is 5.69 Å². The topological polar surface area (TPSA) is 72.5 Å². The Hall–Kier alpha value is -2.36. The van der Waals surface area contributed by atoms with Crippen molar-refractivity contribution in [1.82, 2.24) is 0 Å². The van der Waals surface area contributed by atoms with Crippen molar-refractivity contribution in [3.05, 3.63) is 23.8 Å². The van der Waals surface area contributed by atoms with Gasteiger partial charge in [-0.05, 0) is 18.2 Å². The minimum absolute atomic E-state index is 0.0815. The maximum Gasteiger partial charge on any atom is 0.573 e. The molecule has 4 nitrogen and oxygen atoms in total. The van der Waals surface area contributed by atoms with E-state index in [-0.39, 0.29) is 11.3 Å². The van der Waals surface area contributed by atoms with Crippen molar-refractivity contribution in [3.8, 4) is 17.6 Å². The second-order valence-electron chi connectivity index (χ2n) is 3.17. The quantitative estimate of drug-likeness (QED) is 0.629. The molecule has 18 heavy (non-hydrogen) atoms. The van der Waals surface area contributed by atoms with E-state index in [2.05, 4.69) is 16.6 Å². The lowest BCUT2D eigenvalue weighted by Gasteiger charge is -2.09. The van der Waals surface area contributed by atoms with E-state index in [1.54, 1.807) is 0 Å². The van der Waals surface area contributed by atoms with Crippen LogP contribution < -0.4 is 10.5 Å². The molecule has 96 valence electrons. The third-order valence-corrected chi connectivity index (χ3v) is 1.72. The number of carboxylic acid groups (broad SMARTS) is 1. The van der Waals surface area contributed by atoms with Crippen molar-refractivity contribution in [1.29, 1.82) is 0 Å². The van der Waals surface area contributed by atoms with Crippen molar-refractivity contribution in [2.75, 3.05) is 5.73 Å². The van der Waals surface area contributed by atoms with Crippen LogP contribution in [0, 0.1) is 11.8 Å². The van der Waals surface area contributed by atoms with Gasteiger partial charge in [-0.2, -0.15) is 0 Å². The molecule has 1 aromatic rings. The number of rotatable bonds is 2. The average molecular weight is 259 g/mol. The molecule has 0 radical (unpaired) electrons. The molecule has 0 bridgehead atoms. The lowest BCUT2D eigenvalue weighted by molar-refractivity contribution is -0.274. The summed E-state index contributed by atoms with van der Waals surface area (Å²) in [4.78, 5) is 10.2. The smallest absolute Gasteiger partial charge is 0.481 e. The standard InChI is InChI=1S/C11H8F3NO3/c12-11(13,14)18-8-4-5-9(15)7(6-8)2-1-3-10(16)17/h4-6H,3,15H2,(H,16,17). The van der Waals surface area contributed by atoms with E-state index in [0.29, 0.717) is 0 Å². The molecular formula is C11H8F3NO3. The molecule has 0 aromatic heterocycles. The number of nitrogen functional groups attached to an aromatic ring is 1. The van der Waals surface area contributed by atoms with E-state index in [1.165, 1.54) is 6.07 Å². The second-order valence-corrected chi connectivity index (χ2v) is 3.17. The number of alkyl halides is 3. The highest BCUT2D eigenvalue weighted by Crippen LogP contribution is 2.25. The molecule has 0 saturated carbocycles. The fourth-order valence-corrected chi connectivity index (χ4v) is 1.06. The van der Waals surface area contributed by atoms with Crippen LogP contribution in [0.5, 0.6) is 5.75 Å². The Bertz CT molecular complexity index is 514. The zero-order chi connectivity index (χ0) is 13.8. The lowest BCUT2D eigenvalue weighted by Crippen LogP contribution is -2.17. The summed E-state index contributed by atoms with van der Waals surface area (Å²) in [5, 5.41) is 8.36. The van der Waals surface area contributed by atoms with E-state index in [4.69, 9.17) is 10.8 Å². The number of benzene rings is 1. The third kappa shape index (κ3) is 4.65. The minimum Gasteiger partial charge on any atom is -0.481 e. The molecule has 0 saturated heterocycles. The van der Waals surface area contributed by atoms with E-state index in [9.17, 15) is 18.0 Å². The predicted molar refractivity (Wildman–Crippen MR) is 56.7 cm³/mol. The van der Waals surface area contributed by atoms with Gasteiger partial charge >= 0.3 is 12.3 Å². The van der Waals surface area contributed by atoms with Gasteiger partial charge in [-0.3, -0.25) is 4.79 Å². The monoisotopic (exact) mass is 259 g/mol. The van der Waals surface area contributed by atoms with Crippen LogP contribution in [-0.2, 0) is 4.79 Å². The molecular weight excluding hydrogens is 251 g/mol. The summed E-state index contributed by atoms with van der Waals surface area (Å²) in [6.07, 6.45) is -5.23. The SMILES string of the molecule is Nc1ccc(OC(F)(F)F)cc1C#CCC(=O)O. The van der Waals surface area contributed by atoms with Crippen LogP contribution in [0.1, 0.15) is 12.0 Å². The maximum atomic E-state index is 12.0. The van der Waals surface area contributed by atoms with Gasteiger partial charge in [-0.1, -0.05) is 11.8 Å². The molecule has 0 amide bonds. The fraction of sp³-hybridized carbons (Fsp3) is 0.182. The van der Waals surface area contributed by atoms with E-state index in [0.717, 1.165) is 12.1 Å². The van der Waals surface area contributed by atoms with Crippen LogP contribution in [0.4, 0.5) is 18.9 Å². The highest BCUT2D eigenvalue weighted by Gasteiger charge is 2.31. The van der Waals surface area contributed by atoms with Crippen molar-refractivity contribution in [2.24, 2.45) is 0 Å². The van der Waals surface area contributed by atoms with E-state index >= 15 is 0 Å². The first-order valence-corrected chi connectivity index (χ1v) is 4.64.